The van der Waals surface area contributed by atoms with Gasteiger partial charge in [0.05, 0.1) is 16.1 Å². The largest absolute Gasteiger partial charge is 0.478 e. The Labute approximate surface area is 137 Å². The Balaban J connectivity index is 2.40. The van der Waals surface area contributed by atoms with E-state index in [0.29, 0.717) is 17.7 Å². The molecule has 1 fully saturated rings. The zero-order chi connectivity index (χ0) is 17.4. The van der Waals surface area contributed by atoms with E-state index < -0.39 is 21.6 Å². The van der Waals surface area contributed by atoms with Crippen LogP contribution in [0, 0.1) is 13.8 Å². The number of carbonyl (C=O) groups is 1. The number of carboxylic acid groups (broad SMARTS) is 1. The standard InChI is InChI=1S/C16H23NO5S/c1-11-8-13(15(18)19)9-14(12(11)2)23(20,21)17(4)10-16(3)6-5-7-22-16/h8-9H,5-7,10H2,1-4H3,(H,18,19). The number of likely N-dealkylation sites (N-methyl/N-ethyl adjacent to an activating group) is 1. The summed E-state index contributed by atoms with van der Waals surface area (Å²) in [5.74, 6) is -1.14. The summed E-state index contributed by atoms with van der Waals surface area (Å²) < 4.78 is 32.7. The number of ether oxygens (including phenoxy) is 1. The van der Waals surface area contributed by atoms with Crippen molar-refractivity contribution in [2.45, 2.75) is 44.1 Å². The van der Waals surface area contributed by atoms with E-state index in [0.717, 1.165) is 12.8 Å². The fourth-order valence-corrected chi connectivity index (χ4v) is 4.51. The number of rotatable bonds is 5. The molecule has 1 aliphatic rings. The number of carboxylic acids is 1. The van der Waals surface area contributed by atoms with Gasteiger partial charge in [0.25, 0.3) is 0 Å². The van der Waals surface area contributed by atoms with Crippen molar-refractivity contribution in [3.8, 4) is 0 Å². The van der Waals surface area contributed by atoms with E-state index in [4.69, 9.17) is 4.74 Å². The maximum Gasteiger partial charge on any atom is 0.335 e. The van der Waals surface area contributed by atoms with Gasteiger partial charge in [0, 0.05) is 20.2 Å². The molecule has 1 aromatic carbocycles. The van der Waals surface area contributed by atoms with E-state index in [1.165, 1.54) is 23.5 Å². The van der Waals surface area contributed by atoms with Gasteiger partial charge in [-0.1, -0.05) is 0 Å². The van der Waals surface area contributed by atoms with Crippen molar-refractivity contribution in [3.05, 3.63) is 28.8 Å². The second-order valence-electron chi connectivity index (χ2n) is 6.38. The smallest absolute Gasteiger partial charge is 0.335 e. The zero-order valence-corrected chi connectivity index (χ0v) is 14.7. The molecule has 0 amide bonds. The quantitative estimate of drug-likeness (QED) is 0.887. The SMILES string of the molecule is Cc1cc(C(=O)O)cc(S(=O)(=O)N(C)CC2(C)CCCO2)c1C. The van der Waals surface area contributed by atoms with Crippen LogP contribution in [0.1, 0.15) is 41.3 Å². The van der Waals surface area contributed by atoms with Gasteiger partial charge in [-0.05, 0) is 56.9 Å². The first-order chi connectivity index (χ1) is 10.6. The van der Waals surface area contributed by atoms with Gasteiger partial charge in [-0.15, -0.1) is 0 Å². The van der Waals surface area contributed by atoms with Crippen LogP contribution in [0.4, 0.5) is 0 Å². The summed E-state index contributed by atoms with van der Waals surface area (Å²) >= 11 is 0. The lowest BCUT2D eigenvalue weighted by molar-refractivity contribution is 0.00964. The van der Waals surface area contributed by atoms with Gasteiger partial charge in [-0.25, -0.2) is 13.2 Å². The Kier molecular flexibility index (Phi) is 4.84. The first-order valence-electron chi connectivity index (χ1n) is 7.52. The molecule has 0 saturated carbocycles. The lowest BCUT2D eigenvalue weighted by atomic mass is 10.0. The Morgan fingerprint density at radius 3 is 2.57 bits per heavy atom. The van der Waals surface area contributed by atoms with Crippen LogP contribution in [0.2, 0.25) is 0 Å². The Bertz CT molecular complexity index is 720. The number of aryl methyl sites for hydroxylation is 1. The molecule has 1 heterocycles. The second-order valence-corrected chi connectivity index (χ2v) is 8.40. The molecule has 1 saturated heterocycles. The fraction of sp³-hybridized carbons (Fsp3) is 0.562. The molecule has 6 nitrogen and oxygen atoms in total. The normalized spacial score (nSPS) is 21.8. The summed E-state index contributed by atoms with van der Waals surface area (Å²) in [4.78, 5) is 11.3. The van der Waals surface area contributed by atoms with E-state index >= 15 is 0 Å². The highest BCUT2D eigenvalue weighted by Gasteiger charge is 2.35. The zero-order valence-electron chi connectivity index (χ0n) is 13.9. The van der Waals surface area contributed by atoms with Gasteiger partial charge in [-0.2, -0.15) is 4.31 Å². The number of aromatic carboxylic acids is 1. The molecule has 1 unspecified atom stereocenters. The number of nitrogens with zero attached hydrogens (tertiary/aromatic N) is 1. The van der Waals surface area contributed by atoms with Crippen LogP contribution in [0.15, 0.2) is 17.0 Å². The van der Waals surface area contributed by atoms with Gasteiger partial charge < -0.3 is 9.84 Å². The van der Waals surface area contributed by atoms with Crippen LogP contribution >= 0.6 is 0 Å². The molecule has 0 radical (unpaired) electrons. The summed E-state index contributed by atoms with van der Waals surface area (Å²) in [5, 5.41) is 9.17. The van der Waals surface area contributed by atoms with Crippen LogP contribution in [0.3, 0.4) is 0 Å². The van der Waals surface area contributed by atoms with E-state index in [9.17, 15) is 18.3 Å². The minimum atomic E-state index is -3.78. The number of hydrogen-bond acceptors (Lipinski definition) is 4. The molecule has 7 heteroatoms. The van der Waals surface area contributed by atoms with E-state index in [1.54, 1.807) is 13.8 Å². The molecular formula is C16H23NO5S. The Hall–Kier alpha value is -1.44. The number of benzene rings is 1. The minimum Gasteiger partial charge on any atom is -0.478 e. The molecule has 1 N–H and O–H groups in total. The first kappa shape index (κ1) is 17.9. The molecule has 0 bridgehead atoms. The topological polar surface area (TPSA) is 83.9 Å². The highest BCUT2D eigenvalue weighted by Crippen LogP contribution is 2.29. The van der Waals surface area contributed by atoms with Crippen molar-refractivity contribution in [2.75, 3.05) is 20.2 Å². The highest BCUT2D eigenvalue weighted by molar-refractivity contribution is 7.89. The molecule has 0 aromatic heterocycles. The van der Waals surface area contributed by atoms with Crippen molar-refractivity contribution in [2.24, 2.45) is 0 Å². The fourth-order valence-electron chi connectivity index (χ4n) is 2.90. The van der Waals surface area contributed by atoms with Gasteiger partial charge in [0.2, 0.25) is 10.0 Å². The van der Waals surface area contributed by atoms with Crippen molar-refractivity contribution < 1.29 is 23.1 Å². The van der Waals surface area contributed by atoms with E-state index in [-0.39, 0.29) is 17.0 Å². The summed E-state index contributed by atoms with van der Waals surface area (Å²) in [5.41, 5.74) is 0.692. The van der Waals surface area contributed by atoms with Crippen LogP contribution in [-0.2, 0) is 14.8 Å². The summed E-state index contributed by atoms with van der Waals surface area (Å²) in [6, 6.07) is 2.71. The molecule has 2 rings (SSSR count). The van der Waals surface area contributed by atoms with Gasteiger partial charge in [0.1, 0.15) is 0 Å². The summed E-state index contributed by atoms with van der Waals surface area (Å²) in [6.45, 7) is 6.18. The van der Waals surface area contributed by atoms with Gasteiger partial charge >= 0.3 is 5.97 Å². The van der Waals surface area contributed by atoms with Crippen LogP contribution in [-0.4, -0.2) is 49.6 Å². The van der Waals surface area contributed by atoms with Crippen LogP contribution in [0.5, 0.6) is 0 Å². The maximum atomic E-state index is 12.9. The number of sulfonamides is 1. The third kappa shape index (κ3) is 3.57. The number of hydrogen-bond donors (Lipinski definition) is 1. The predicted molar refractivity (Wildman–Crippen MR) is 86.3 cm³/mol. The minimum absolute atomic E-state index is 0.0246. The molecule has 1 atom stereocenters. The van der Waals surface area contributed by atoms with E-state index in [1.807, 2.05) is 6.92 Å². The molecule has 23 heavy (non-hydrogen) atoms. The lowest BCUT2D eigenvalue weighted by Crippen LogP contribution is -2.41. The maximum absolute atomic E-state index is 12.9. The van der Waals surface area contributed by atoms with Crippen molar-refractivity contribution in [1.29, 1.82) is 0 Å². The lowest BCUT2D eigenvalue weighted by Gasteiger charge is -2.29. The molecule has 128 valence electrons. The summed E-state index contributed by atoms with van der Waals surface area (Å²) in [7, 11) is -2.28. The third-order valence-electron chi connectivity index (χ3n) is 4.41. The molecular weight excluding hydrogens is 318 g/mol. The average molecular weight is 341 g/mol. The molecule has 0 spiro atoms. The molecule has 1 aromatic rings. The summed E-state index contributed by atoms with van der Waals surface area (Å²) in [6.07, 6.45) is 1.72. The van der Waals surface area contributed by atoms with Crippen LogP contribution in [0.25, 0.3) is 0 Å². The second kappa shape index (κ2) is 6.22. The van der Waals surface area contributed by atoms with Crippen molar-refractivity contribution in [3.63, 3.8) is 0 Å². The Morgan fingerprint density at radius 2 is 2.04 bits per heavy atom. The predicted octanol–water partition coefficient (Wildman–Crippen LogP) is 2.19. The van der Waals surface area contributed by atoms with E-state index in [2.05, 4.69) is 0 Å². The monoisotopic (exact) mass is 341 g/mol. The first-order valence-corrected chi connectivity index (χ1v) is 8.96. The van der Waals surface area contributed by atoms with Gasteiger partial charge in [0.15, 0.2) is 0 Å². The average Bonchev–Trinajstić information content (AvgIpc) is 2.87. The van der Waals surface area contributed by atoms with Crippen molar-refractivity contribution in [1.82, 2.24) is 4.31 Å². The molecule has 0 aliphatic carbocycles. The molecule has 1 aliphatic heterocycles. The van der Waals surface area contributed by atoms with Crippen LogP contribution < -0.4 is 0 Å². The van der Waals surface area contributed by atoms with Crippen molar-refractivity contribution >= 4 is 16.0 Å². The Morgan fingerprint density at radius 1 is 1.39 bits per heavy atom. The third-order valence-corrected chi connectivity index (χ3v) is 6.34. The highest BCUT2D eigenvalue weighted by atomic mass is 32.2. The van der Waals surface area contributed by atoms with Gasteiger partial charge in [-0.3, -0.25) is 0 Å².